The summed E-state index contributed by atoms with van der Waals surface area (Å²) >= 11 is 0. The van der Waals surface area contributed by atoms with Crippen LogP contribution in [0.1, 0.15) is 79.1 Å². The van der Waals surface area contributed by atoms with Crippen molar-refractivity contribution in [1.82, 2.24) is 24.3 Å². The van der Waals surface area contributed by atoms with Gasteiger partial charge in [-0.15, -0.1) is 0 Å². The number of nitrogens with zero attached hydrogens (tertiary/aromatic N) is 5. The lowest BCUT2D eigenvalue weighted by Crippen LogP contribution is -2.20. The van der Waals surface area contributed by atoms with Crippen LogP contribution < -0.4 is 5.32 Å². The van der Waals surface area contributed by atoms with Gasteiger partial charge in [-0.1, -0.05) is 6.07 Å². The van der Waals surface area contributed by atoms with Crippen molar-refractivity contribution in [1.29, 1.82) is 0 Å². The number of nitrogens with one attached hydrogen (secondary N) is 1. The van der Waals surface area contributed by atoms with E-state index in [-0.39, 0.29) is 16.1 Å². The van der Waals surface area contributed by atoms with Crippen LogP contribution in [0.5, 0.6) is 0 Å². The van der Waals surface area contributed by atoms with Crippen LogP contribution in [0.25, 0.3) is 11.2 Å². The number of benzene rings is 1. The van der Waals surface area contributed by atoms with Crippen molar-refractivity contribution in [3.63, 3.8) is 0 Å². The molecule has 1 aromatic carbocycles. The van der Waals surface area contributed by atoms with E-state index >= 15 is 0 Å². The van der Waals surface area contributed by atoms with E-state index in [1.165, 1.54) is 10.8 Å². The summed E-state index contributed by atoms with van der Waals surface area (Å²) in [5, 5.41) is 7.93. The van der Waals surface area contributed by atoms with Crippen molar-refractivity contribution in [3.8, 4) is 0 Å². The first-order valence-corrected chi connectivity index (χ1v) is 16.2. The second kappa shape index (κ2) is 10.7. The van der Waals surface area contributed by atoms with E-state index in [1.807, 2.05) is 16.8 Å². The Labute approximate surface area is 242 Å². The van der Waals surface area contributed by atoms with Gasteiger partial charge in [0.15, 0.2) is 21.3 Å². The van der Waals surface area contributed by atoms with Crippen molar-refractivity contribution in [2.45, 2.75) is 75.1 Å². The van der Waals surface area contributed by atoms with E-state index in [4.69, 9.17) is 19.6 Å². The Morgan fingerprint density at radius 3 is 2.62 bits per heavy atom. The van der Waals surface area contributed by atoms with Gasteiger partial charge in [0.05, 0.1) is 53.1 Å². The average molecular weight is 599 g/mol. The SMILES string of the molecule is CS(=O)(=O)c1cc(C2CC2)ccc1Nc1cc(Cc2cc3n(n2)CCOC3)nc2c1nc(C(F)F)n2C1CCCCO1. The van der Waals surface area contributed by atoms with Crippen molar-refractivity contribution in [2.75, 3.05) is 24.8 Å². The van der Waals surface area contributed by atoms with E-state index < -0.39 is 28.3 Å². The fraction of sp³-hybridized carbons (Fsp3) is 0.483. The van der Waals surface area contributed by atoms with Crippen LogP contribution in [0.2, 0.25) is 0 Å². The highest BCUT2D eigenvalue weighted by molar-refractivity contribution is 7.90. The lowest BCUT2D eigenvalue weighted by molar-refractivity contribution is -0.0363. The number of hydrogen-bond donors (Lipinski definition) is 1. The minimum atomic E-state index is -3.60. The smallest absolute Gasteiger partial charge is 0.295 e. The Bertz CT molecular complexity index is 1740. The Kier molecular flexibility index (Phi) is 6.98. The highest BCUT2D eigenvalue weighted by atomic mass is 32.2. The second-order valence-corrected chi connectivity index (χ2v) is 13.3. The summed E-state index contributed by atoms with van der Waals surface area (Å²) in [5.74, 6) is -0.0589. The van der Waals surface area contributed by atoms with Gasteiger partial charge in [0.1, 0.15) is 11.7 Å². The maximum Gasteiger partial charge on any atom is 0.295 e. The third kappa shape index (κ3) is 5.29. The van der Waals surface area contributed by atoms with Gasteiger partial charge in [0.2, 0.25) is 0 Å². The molecule has 5 heterocycles. The van der Waals surface area contributed by atoms with E-state index in [9.17, 15) is 17.2 Å². The minimum absolute atomic E-state index is 0.157. The first-order valence-electron chi connectivity index (χ1n) is 14.3. The monoisotopic (exact) mass is 598 g/mol. The van der Waals surface area contributed by atoms with Gasteiger partial charge >= 0.3 is 0 Å². The van der Waals surface area contributed by atoms with Gasteiger partial charge in [-0.05, 0) is 67.9 Å². The molecule has 222 valence electrons. The molecule has 0 bridgehead atoms. The zero-order valence-electron chi connectivity index (χ0n) is 23.2. The van der Waals surface area contributed by atoms with Crippen molar-refractivity contribution in [3.05, 3.63) is 58.8 Å². The van der Waals surface area contributed by atoms with Crippen LogP contribution >= 0.6 is 0 Å². The Morgan fingerprint density at radius 1 is 1.05 bits per heavy atom. The van der Waals surface area contributed by atoms with Crippen LogP contribution in [-0.2, 0) is 38.9 Å². The number of fused-ring (bicyclic) bond motifs is 2. The average Bonchev–Trinajstić information content (AvgIpc) is 3.62. The van der Waals surface area contributed by atoms with Crippen molar-refractivity contribution in [2.24, 2.45) is 0 Å². The van der Waals surface area contributed by atoms with Gasteiger partial charge in [0, 0.05) is 19.3 Å². The van der Waals surface area contributed by atoms with Crippen LogP contribution in [0.3, 0.4) is 0 Å². The van der Waals surface area contributed by atoms with Gasteiger partial charge in [-0.2, -0.15) is 5.10 Å². The summed E-state index contributed by atoms with van der Waals surface area (Å²) < 4.78 is 69.3. The second-order valence-electron chi connectivity index (χ2n) is 11.3. The van der Waals surface area contributed by atoms with Crippen LogP contribution in [0, 0.1) is 0 Å². The zero-order valence-corrected chi connectivity index (χ0v) is 24.0. The van der Waals surface area contributed by atoms with Crippen LogP contribution in [0.15, 0.2) is 35.2 Å². The number of imidazole rings is 1. The quantitative estimate of drug-likeness (QED) is 0.287. The molecule has 1 saturated heterocycles. The number of ether oxygens (including phenoxy) is 2. The summed E-state index contributed by atoms with van der Waals surface area (Å²) in [4.78, 5) is 9.33. The molecule has 4 aromatic rings. The van der Waals surface area contributed by atoms with E-state index in [1.54, 1.807) is 18.2 Å². The summed E-state index contributed by atoms with van der Waals surface area (Å²) in [5.41, 5.74) is 4.53. The predicted octanol–water partition coefficient (Wildman–Crippen LogP) is 5.41. The minimum Gasteiger partial charge on any atom is -0.373 e. The molecular formula is C29H32F2N6O4S. The molecule has 3 aromatic heterocycles. The number of aromatic nitrogens is 5. The van der Waals surface area contributed by atoms with E-state index in [2.05, 4.69) is 10.3 Å². The van der Waals surface area contributed by atoms with Gasteiger partial charge in [-0.25, -0.2) is 27.2 Å². The van der Waals surface area contributed by atoms with Crippen molar-refractivity contribution < 1.29 is 26.7 Å². The standard InChI is InChI=1S/C29H32F2N6O4S/c1-42(38,39)24-12-18(17-5-6-17)7-8-22(24)33-23-15-19(13-20-14-21-16-40-11-9-36(21)35-20)32-28-26(23)34-29(27(30)31)37(28)25-4-2-3-10-41-25/h7-8,12,14-15,17,25,27H,2-6,9-11,13,16H2,1H3,(H,32,33). The fourth-order valence-electron chi connectivity index (χ4n) is 5.87. The third-order valence-corrected chi connectivity index (χ3v) is 9.20. The van der Waals surface area contributed by atoms with Gasteiger partial charge in [-0.3, -0.25) is 9.25 Å². The Hall–Kier alpha value is -3.42. The lowest BCUT2D eigenvalue weighted by atomic mass is 10.1. The Morgan fingerprint density at radius 2 is 1.90 bits per heavy atom. The molecular weight excluding hydrogens is 566 g/mol. The zero-order chi connectivity index (χ0) is 29.0. The molecule has 1 aliphatic carbocycles. The van der Waals surface area contributed by atoms with E-state index in [0.29, 0.717) is 62.2 Å². The van der Waals surface area contributed by atoms with Crippen LogP contribution in [-0.4, -0.2) is 52.2 Å². The number of halogens is 2. The molecule has 42 heavy (non-hydrogen) atoms. The van der Waals surface area contributed by atoms with Gasteiger partial charge in [0.25, 0.3) is 6.43 Å². The molecule has 7 rings (SSSR count). The maximum atomic E-state index is 14.4. The topological polar surface area (TPSA) is 113 Å². The highest BCUT2D eigenvalue weighted by Gasteiger charge is 2.30. The number of alkyl halides is 2. The number of sulfone groups is 1. The molecule has 1 N–H and O–H groups in total. The molecule has 2 aliphatic heterocycles. The fourth-order valence-corrected chi connectivity index (χ4v) is 6.74. The molecule has 0 radical (unpaired) electrons. The molecule has 1 unspecified atom stereocenters. The number of pyridine rings is 1. The van der Waals surface area contributed by atoms with Crippen LogP contribution in [0.4, 0.5) is 20.2 Å². The molecule has 1 saturated carbocycles. The number of anilines is 2. The molecule has 0 amide bonds. The van der Waals surface area contributed by atoms with E-state index in [0.717, 1.165) is 42.6 Å². The Balaban J connectivity index is 1.37. The summed E-state index contributed by atoms with van der Waals surface area (Å²) in [6, 6.07) is 9.08. The lowest BCUT2D eigenvalue weighted by Gasteiger charge is -2.25. The summed E-state index contributed by atoms with van der Waals surface area (Å²) in [7, 11) is -3.60. The summed E-state index contributed by atoms with van der Waals surface area (Å²) in [6.45, 7) is 2.18. The number of rotatable bonds is 8. The first kappa shape index (κ1) is 27.4. The van der Waals surface area contributed by atoms with Crippen molar-refractivity contribution >= 4 is 32.4 Å². The first-order chi connectivity index (χ1) is 20.2. The van der Waals surface area contributed by atoms with Gasteiger partial charge < -0.3 is 14.8 Å². The maximum absolute atomic E-state index is 14.4. The molecule has 2 fully saturated rings. The molecule has 13 heteroatoms. The third-order valence-electron chi connectivity index (χ3n) is 8.06. The molecule has 0 spiro atoms. The molecule has 3 aliphatic rings. The molecule has 10 nitrogen and oxygen atoms in total. The number of hydrogen-bond acceptors (Lipinski definition) is 8. The largest absolute Gasteiger partial charge is 0.373 e. The highest BCUT2D eigenvalue weighted by Crippen LogP contribution is 2.42. The molecule has 1 atom stereocenters. The predicted molar refractivity (Wildman–Crippen MR) is 151 cm³/mol. The normalized spacial score (nSPS) is 19.4. The summed E-state index contributed by atoms with van der Waals surface area (Å²) in [6.07, 6.45) is 2.36.